The molecule has 0 aliphatic heterocycles. The molecule has 0 aromatic carbocycles. The van der Waals surface area contributed by atoms with Crippen molar-refractivity contribution in [1.29, 1.82) is 0 Å². The minimum atomic E-state index is -0.576. The van der Waals surface area contributed by atoms with Gasteiger partial charge in [-0.1, -0.05) is 12.2 Å². The Kier molecular flexibility index (Phi) is 6.10. The fourth-order valence-corrected chi connectivity index (χ4v) is 2.19. The Morgan fingerprint density at radius 1 is 0.962 bits per heavy atom. The van der Waals surface area contributed by atoms with E-state index in [4.69, 9.17) is 22.9 Å². The Morgan fingerprint density at radius 2 is 1.58 bits per heavy atom. The fourth-order valence-electron chi connectivity index (χ4n) is 2.19. The lowest BCUT2D eigenvalue weighted by Gasteiger charge is -2.07. The Balaban J connectivity index is 1.81. The number of nitrogens with zero attached hydrogens (tertiary/aromatic N) is 2. The number of pyridine rings is 2. The number of amides is 2. The molecule has 9 N–H and O–H groups in total. The molecule has 0 aliphatic carbocycles. The van der Waals surface area contributed by atoms with Crippen molar-refractivity contribution in [3.63, 3.8) is 0 Å². The van der Waals surface area contributed by atoms with Crippen molar-refractivity contribution in [3.05, 3.63) is 53.5 Å². The third-order valence-electron chi connectivity index (χ3n) is 3.59. The number of aryl methyl sites for hydroxylation is 1. The van der Waals surface area contributed by atoms with Crippen LogP contribution in [-0.2, 0) is 6.42 Å². The molecule has 136 valence electrons. The van der Waals surface area contributed by atoms with Gasteiger partial charge in [-0.2, -0.15) is 0 Å². The maximum atomic E-state index is 11.1. The first-order chi connectivity index (χ1) is 12.4. The lowest BCUT2D eigenvalue weighted by molar-refractivity contribution is 0.0991. The molecular weight excluding hydrogens is 334 g/mol. The SMILES string of the molecule is NC(=O)c1cnc(CC/C=C/CNc2ncc(C(N)=O)cc2N)c(N)c1. The van der Waals surface area contributed by atoms with E-state index in [1.165, 1.54) is 24.5 Å². The number of nitrogen functional groups attached to an aromatic ring is 2. The van der Waals surface area contributed by atoms with E-state index in [9.17, 15) is 9.59 Å². The largest absolute Gasteiger partial charge is 0.397 e. The second kappa shape index (κ2) is 8.47. The number of aromatic nitrogens is 2. The first-order valence-corrected chi connectivity index (χ1v) is 7.87. The summed E-state index contributed by atoms with van der Waals surface area (Å²) in [5, 5.41) is 3.04. The quantitative estimate of drug-likeness (QED) is 0.426. The van der Waals surface area contributed by atoms with Gasteiger partial charge in [-0.25, -0.2) is 4.98 Å². The lowest BCUT2D eigenvalue weighted by atomic mass is 10.1. The number of allylic oxidation sites excluding steroid dienone is 1. The van der Waals surface area contributed by atoms with Gasteiger partial charge >= 0.3 is 0 Å². The maximum Gasteiger partial charge on any atom is 0.250 e. The average Bonchev–Trinajstić information content (AvgIpc) is 2.59. The average molecular weight is 355 g/mol. The van der Waals surface area contributed by atoms with Crippen LogP contribution < -0.4 is 28.3 Å². The molecule has 2 rings (SSSR count). The summed E-state index contributed by atoms with van der Waals surface area (Å²) in [4.78, 5) is 30.3. The number of anilines is 3. The van der Waals surface area contributed by atoms with E-state index >= 15 is 0 Å². The molecule has 9 nitrogen and oxygen atoms in total. The van der Waals surface area contributed by atoms with Crippen molar-refractivity contribution in [1.82, 2.24) is 9.97 Å². The van der Waals surface area contributed by atoms with Crippen molar-refractivity contribution in [2.75, 3.05) is 23.3 Å². The smallest absolute Gasteiger partial charge is 0.250 e. The first-order valence-electron chi connectivity index (χ1n) is 7.87. The summed E-state index contributed by atoms with van der Waals surface area (Å²) in [5.41, 5.74) is 24.1. The van der Waals surface area contributed by atoms with Crippen LogP contribution in [0.3, 0.4) is 0 Å². The Bertz CT molecular complexity index is 780. The molecule has 0 unspecified atom stereocenters. The highest BCUT2D eigenvalue weighted by atomic mass is 16.1. The van der Waals surface area contributed by atoms with Crippen LogP contribution in [0.25, 0.3) is 0 Å². The van der Waals surface area contributed by atoms with Crippen LogP contribution in [0.2, 0.25) is 0 Å². The molecule has 0 atom stereocenters. The van der Waals surface area contributed by atoms with Crippen LogP contribution in [0.15, 0.2) is 36.7 Å². The van der Waals surface area contributed by atoms with Crippen molar-refractivity contribution in [2.45, 2.75) is 12.8 Å². The lowest BCUT2D eigenvalue weighted by Crippen LogP contribution is -2.13. The van der Waals surface area contributed by atoms with Gasteiger partial charge in [-0.15, -0.1) is 0 Å². The zero-order chi connectivity index (χ0) is 19.1. The molecular formula is C17H21N7O2. The van der Waals surface area contributed by atoms with Gasteiger partial charge in [-0.05, 0) is 25.0 Å². The Morgan fingerprint density at radius 3 is 2.15 bits per heavy atom. The summed E-state index contributed by atoms with van der Waals surface area (Å²) in [6, 6.07) is 3.01. The van der Waals surface area contributed by atoms with E-state index in [1.54, 1.807) is 0 Å². The standard InChI is InChI=1S/C17H21N7O2/c18-12-6-10(15(20)25)8-23-14(12)4-2-1-3-5-22-17-13(19)7-11(9-24-17)16(21)26/h1,3,6-9H,2,4-5,18-19H2,(H2,20,25)(H2,21,26)(H,22,24)/b3-1+. The number of primary amides is 2. The number of carbonyl (C=O) groups is 2. The number of hydrogen-bond donors (Lipinski definition) is 5. The zero-order valence-corrected chi connectivity index (χ0v) is 14.1. The van der Waals surface area contributed by atoms with Crippen molar-refractivity contribution in [2.24, 2.45) is 11.5 Å². The molecule has 0 spiro atoms. The molecule has 0 saturated carbocycles. The third-order valence-corrected chi connectivity index (χ3v) is 3.59. The summed E-state index contributed by atoms with van der Waals surface area (Å²) in [5.74, 6) is -0.654. The number of hydrogen-bond acceptors (Lipinski definition) is 7. The second-order valence-electron chi connectivity index (χ2n) is 5.54. The summed E-state index contributed by atoms with van der Waals surface area (Å²) >= 11 is 0. The van der Waals surface area contributed by atoms with Crippen LogP contribution >= 0.6 is 0 Å². The van der Waals surface area contributed by atoms with Gasteiger partial charge in [0.25, 0.3) is 0 Å². The van der Waals surface area contributed by atoms with Crippen LogP contribution in [0.1, 0.15) is 32.8 Å². The minimum Gasteiger partial charge on any atom is -0.397 e. The van der Waals surface area contributed by atoms with E-state index in [0.29, 0.717) is 41.4 Å². The molecule has 9 heteroatoms. The molecule has 0 bridgehead atoms. The molecule has 0 saturated heterocycles. The van der Waals surface area contributed by atoms with Crippen molar-refractivity contribution < 1.29 is 9.59 Å². The van der Waals surface area contributed by atoms with Gasteiger partial charge in [0.1, 0.15) is 5.82 Å². The topological polar surface area (TPSA) is 176 Å². The number of nitrogens with two attached hydrogens (primary N) is 4. The van der Waals surface area contributed by atoms with E-state index in [0.717, 1.165) is 6.42 Å². The highest BCUT2D eigenvalue weighted by molar-refractivity contribution is 5.94. The Hall–Kier alpha value is -3.62. The van der Waals surface area contributed by atoms with Crippen molar-refractivity contribution >= 4 is 29.0 Å². The van der Waals surface area contributed by atoms with E-state index in [-0.39, 0.29) is 5.56 Å². The van der Waals surface area contributed by atoms with Gasteiger partial charge in [0.05, 0.1) is 28.2 Å². The summed E-state index contributed by atoms with van der Waals surface area (Å²) in [7, 11) is 0. The molecule has 0 radical (unpaired) electrons. The van der Waals surface area contributed by atoms with Crippen molar-refractivity contribution in [3.8, 4) is 0 Å². The van der Waals surface area contributed by atoms with Gasteiger partial charge in [0.15, 0.2) is 0 Å². The van der Waals surface area contributed by atoms with Crippen LogP contribution in [0, 0.1) is 0 Å². The van der Waals surface area contributed by atoms with E-state index in [1.807, 2.05) is 12.2 Å². The van der Waals surface area contributed by atoms with E-state index in [2.05, 4.69) is 15.3 Å². The normalized spacial score (nSPS) is 10.8. The molecule has 0 aliphatic rings. The number of rotatable bonds is 8. The fraction of sp³-hybridized carbons (Fsp3) is 0.176. The Labute approximate surface area is 150 Å². The van der Waals surface area contributed by atoms with Gasteiger partial charge in [0.2, 0.25) is 11.8 Å². The predicted molar refractivity (Wildman–Crippen MR) is 100 cm³/mol. The third kappa shape index (κ3) is 4.94. The first kappa shape index (κ1) is 18.7. The number of nitrogens with one attached hydrogen (secondary N) is 1. The van der Waals surface area contributed by atoms with Gasteiger partial charge in [0, 0.05) is 18.9 Å². The zero-order valence-electron chi connectivity index (χ0n) is 14.1. The molecule has 2 aromatic rings. The molecule has 0 fully saturated rings. The van der Waals surface area contributed by atoms with Gasteiger partial charge in [-0.3, -0.25) is 14.6 Å². The molecule has 2 aromatic heterocycles. The predicted octanol–water partition coefficient (Wildman–Crippen LogP) is 0.440. The summed E-state index contributed by atoms with van der Waals surface area (Å²) < 4.78 is 0. The van der Waals surface area contributed by atoms with Crippen LogP contribution in [-0.4, -0.2) is 28.3 Å². The monoisotopic (exact) mass is 355 g/mol. The van der Waals surface area contributed by atoms with Gasteiger partial charge < -0.3 is 28.3 Å². The molecule has 2 heterocycles. The van der Waals surface area contributed by atoms with Crippen LogP contribution in [0.4, 0.5) is 17.2 Å². The molecule has 2 amide bonds. The second-order valence-corrected chi connectivity index (χ2v) is 5.54. The number of carbonyl (C=O) groups excluding carboxylic acids is 2. The minimum absolute atomic E-state index is 0.260. The summed E-state index contributed by atoms with van der Waals surface area (Å²) in [6.45, 7) is 0.511. The highest BCUT2D eigenvalue weighted by Crippen LogP contribution is 2.16. The highest BCUT2D eigenvalue weighted by Gasteiger charge is 2.06. The summed E-state index contributed by atoms with van der Waals surface area (Å²) in [6.07, 6.45) is 8.02. The molecule has 26 heavy (non-hydrogen) atoms. The van der Waals surface area contributed by atoms with Crippen LogP contribution in [0.5, 0.6) is 0 Å². The maximum absolute atomic E-state index is 11.1. The van der Waals surface area contributed by atoms with E-state index < -0.39 is 11.8 Å².